The molecule has 1 atom stereocenters. The van der Waals surface area contributed by atoms with Crippen LogP contribution in [0.25, 0.3) is 10.8 Å². The second-order valence-corrected chi connectivity index (χ2v) is 5.12. The molecule has 1 heterocycles. The summed E-state index contributed by atoms with van der Waals surface area (Å²) in [7, 11) is 1.93. The standard InChI is InChI=1S/C17H18N2O2/c1-12(20)14-8-7-13-5-3-4-6-15(13)17(14)21-11-16-18-9-10-19(16)2/h3-10,12,20H,11H2,1-2H3. The number of fused-ring (bicyclic) bond motifs is 1. The van der Waals surface area contributed by atoms with Gasteiger partial charge in [0.2, 0.25) is 0 Å². The number of rotatable bonds is 4. The van der Waals surface area contributed by atoms with Gasteiger partial charge >= 0.3 is 0 Å². The molecule has 2 aromatic carbocycles. The van der Waals surface area contributed by atoms with Crippen molar-refractivity contribution < 1.29 is 9.84 Å². The summed E-state index contributed by atoms with van der Waals surface area (Å²) in [4.78, 5) is 4.26. The molecular weight excluding hydrogens is 264 g/mol. The quantitative estimate of drug-likeness (QED) is 0.799. The molecule has 0 saturated carbocycles. The van der Waals surface area contributed by atoms with Crippen molar-refractivity contribution in [3.8, 4) is 5.75 Å². The minimum Gasteiger partial charge on any atom is -0.485 e. The number of aromatic nitrogens is 2. The number of aryl methyl sites for hydroxylation is 1. The molecule has 4 nitrogen and oxygen atoms in total. The number of nitrogens with zero attached hydrogens (tertiary/aromatic N) is 2. The van der Waals surface area contributed by atoms with Crippen LogP contribution in [-0.4, -0.2) is 14.7 Å². The van der Waals surface area contributed by atoms with Gasteiger partial charge in [-0.15, -0.1) is 0 Å². The second-order valence-electron chi connectivity index (χ2n) is 5.12. The molecule has 0 spiro atoms. The van der Waals surface area contributed by atoms with Crippen molar-refractivity contribution in [3.05, 3.63) is 60.2 Å². The van der Waals surface area contributed by atoms with Gasteiger partial charge in [-0.1, -0.05) is 36.4 Å². The van der Waals surface area contributed by atoms with Crippen LogP contribution in [0.15, 0.2) is 48.8 Å². The van der Waals surface area contributed by atoms with E-state index < -0.39 is 6.10 Å². The molecule has 1 aromatic heterocycles. The lowest BCUT2D eigenvalue weighted by Crippen LogP contribution is -2.06. The lowest BCUT2D eigenvalue weighted by atomic mass is 10.0. The van der Waals surface area contributed by atoms with Gasteiger partial charge in [0.25, 0.3) is 0 Å². The summed E-state index contributed by atoms with van der Waals surface area (Å²) in [5.74, 6) is 1.57. The Morgan fingerprint density at radius 2 is 2.05 bits per heavy atom. The van der Waals surface area contributed by atoms with Crippen molar-refractivity contribution in [2.24, 2.45) is 7.05 Å². The molecule has 21 heavy (non-hydrogen) atoms. The van der Waals surface area contributed by atoms with Gasteiger partial charge in [-0.05, 0) is 12.3 Å². The molecule has 0 amide bonds. The van der Waals surface area contributed by atoms with E-state index in [2.05, 4.69) is 4.98 Å². The van der Waals surface area contributed by atoms with Crippen LogP contribution in [-0.2, 0) is 13.7 Å². The third kappa shape index (κ3) is 2.62. The van der Waals surface area contributed by atoms with Crippen molar-refractivity contribution in [3.63, 3.8) is 0 Å². The van der Waals surface area contributed by atoms with E-state index in [0.29, 0.717) is 6.61 Å². The first-order valence-corrected chi connectivity index (χ1v) is 6.95. The van der Waals surface area contributed by atoms with Crippen molar-refractivity contribution in [1.29, 1.82) is 0 Å². The first kappa shape index (κ1) is 13.6. The second kappa shape index (κ2) is 5.58. The van der Waals surface area contributed by atoms with Gasteiger partial charge in [0.05, 0.1) is 6.10 Å². The molecule has 1 N–H and O–H groups in total. The summed E-state index contributed by atoms with van der Waals surface area (Å²) in [6.45, 7) is 2.12. The van der Waals surface area contributed by atoms with Crippen molar-refractivity contribution in [2.45, 2.75) is 19.6 Å². The van der Waals surface area contributed by atoms with Gasteiger partial charge in [-0.25, -0.2) is 4.98 Å². The highest BCUT2D eigenvalue weighted by atomic mass is 16.5. The van der Waals surface area contributed by atoms with Gasteiger partial charge in [0.1, 0.15) is 18.2 Å². The van der Waals surface area contributed by atoms with Crippen LogP contribution in [0.4, 0.5) is 0 Å². The molecule has 108 valence electrons. The van der Waals surface area contributed by atoms with E-state index in [-0.39, 0.29) is 0 Å². The van der Waals surface area contributed by atoms with Gasteiger partial charge < -0.3 is 14.4 Å². The molecule has 0 aliphatic carbocycles. The molecule has 3 aromatic rings. The fraction of sp³-hybridized carbons (Fsp3) is 0.235. The Bertz CT molecular complexity index is 762. The topological polar surface area (TPSA) is 47.3 Å². The predicted molar refractivity (Wildman–Crippen MR) is 82.1 cm³/mol. The van der Waals surface area contributed by atoms with E-state index in [1.165, 1.54) is 0 Å². The van der Waals surface area contributed by atoms with Crippen molar-refractivity contribution in [1.82, 2.24) is 9.55 Å². The van der Waals surface area contributed by atoms with Crippen LogP contribution in [0.3, 0.4) is 0 Å². The average Bonchev–Trinajstić information content (AvgIpc) is 2.89. The molecule has 0 aliphatic heterocycles. The fourth-order valence-electron chi connectivity index (χ4n) is 2.42. The Morgan fingerprint density at radius 1 is 1.24 bits per heavy atom. The highest BCUT2D eigenvalue weighted by Gasteiger charge is 2.13. The number of ether oxygens (including phenoxy) is 1. The number of hydrogen-bond donors (Lipinski definition) is 1. The zero-order valence-electron chi connectivity index (χ0n) is 12.2. The maximum absolute atomic E-state index is 9.97. The summed E-state index contributed by atoms with van der Waals surface area (Å²) >= 11 is 0. The largest absolute Gasteiger partial charge is 0.485 e. The Hall–Kier alpha value is -2.33. The fourth-order valence-corrected chi connectivity index (χ4v) is 2.42. The minimum absolute atomic E-state index is 0.372. The number of aliphatic hydroxyl groups excluding tert-OH is 1. The third-order valence-electron chi connectivity index (χ3n) is 3.63. The molecule has 0 bridgehead atoms. The monoisotopic (exact) mass is 282 g/mol. The van der Waals surface area contributed by atoms with Gasteiger partial charge in [0.15, 0.2) is 0 Å². The summed E-state index contributed by atoms with van der Waals surface area (Å²) in [5.41, 5.74) is 0.794. The molecule has 1 unspecified atom stereocenters. The minimum atomic E-state index is -0.578. The molecule has 0 saturated heterocycles. The van der Waals surface area contributed by atoms with Crippen LogP contribution in [0.5, 0.6) is 5.75 Å². The van der Waals surface area contributed by atoms with Crippen LogP contribution < -0.4 is 4.74 Å². The normalized spacial score (nSPS) is 12.5. The highest BCUT2D eigenvalue weighted by Crippen LogP contribution is 2.34. The summed E-state index contributed by atoms with van der Waals surface area (Å²) in [6.07, 6.45) is 3.06. The van der Waals surface area contributed by atoms with Crippen molar-refractivity contribution >= 4 is 10.8 Å². The first-order valence-electron chi connectivity index (χ1n) is 6.95. The summed E-state index contributed by atoms with van der Waals surface area (Å²) < 4.78 is 7.92. The third-order valence-corrected chi connectivity index (χ3v) is 3.63. The molecule has 0 radical (unpaired) electrons. The Labute approximate surface area is 123 Å². The smallest absolute Gasteiger partial charge is 0.146 e. The molecule has 0 fully saturated rings. The first-order chi connectivity index (χ1) is 10.2. The van der Waals surface area contributed by atoms with Crippen LogP contribution in [0, 0.1) is 0 Å². The predicted octanol–water partition coefficient (Wildman–Crippen LogP) is 3.21. The lowest BCUT2D eigenvalue weighted by molar-refractivity contribution is 0.190. The number of benzene rings is 2. The van der Waals surface area contributed by atoms with Crippen LogP contribution in [0.1, 0.15) is 24.4 Å². The van der Waals surface area contributed by atoms with E-state index in [4.69, 9.17) is 4.74 Å². The van der Waals surface area contributed by atoms with E-state index in [1.807, 2.05) is 54.2 Å². The maximum atomic E-state index is 9.97. The van der Waals surface area contributed by atoms with E-state index >= 15 is 0 Å². The average molecular weight is 282 g/mol. The van der Waals surface area contributed by atoms with Gasteiger partial charge in [0, 0.05) is 30.4 Å². The Balaban J connectivity index is 2.02. The van der Waals surface area contributed by atoms with E-state index in [9.17, 15) is 5.11 Å². The van der Waals surface area contributed by atoms with Gasteiger partial charge in [-0.3, -0.25) is 0 Å². The Morgan fingerprint density at radius 3 is 2.76 bits per heavy atom. The SMILES string of the molecule is CC(O)c1ccc2ccccc2c1OCc1nccn1C. The maximum Gasteiger partial charge on any atom is 0.146 e. The zero-order valence-corrected chi connectivity index (χ0v) is 12.2. The lowest BCUT2D eigenvalue weighted by Gasteiger charge is -2.16. The summed E-state index contributed by atoms with van der Waals surface area (Å²) in [6, 6.07) is 11.9. The Kier molecular flexibility index (Phi) is 3.62. The molecule has 3 rings (SSSR count). The molecular formula is C17H18N2O2. The van der Waals surface area contributed by atoms with Gasteiger partial charge in [-0.2, -0.15) is 0 Å². The molecule has 0 aliphatic rings. The molecule has 4 heteroatoms. The van der Waals surface area contributed by atoms with E-state index in [1.54, 1.807) is 13.1 Å². The zero-order chi connectivity index (χ0) is 14.8. The number of hydrogen-bond acceptors (Lipinski definition) is 3. The van der Waals surface area contributed by atoms with E-state index in [0.717, 1.165) is 27.9 Å². The van der Waals surface area contributed by atoms with Crippen LogP contribution >= 0.6 is 0 Å². The highest BCUT2D eigenvalue weighted by molar-refractivity contribution is 5.89. The number of aliphatic hydroxyl groups is 1. The number of imidazole rings is 1. The van der Waals surface area contributed by atoms with Crippen LogP contribution in [0.2, 0.25) is 0 Å². The van der Waals surface area contributed by atoms with Crippen molar-refractivity contribution in [2.75, 3.05) is 0 Å². The summed E-state index contributed by atoms with van der Waals surface area (Å²) in [5, 5.41) is 12.1.